The van der Waals surface area contributed by atoms with Crippen molar-refractivity contribution in [3.05, 3.63) is 0 Å². The predicted octanol–water partition coefficient (Wildman–Crippen LogP) is 1.40. The first-order valence-electron chi connectivity index (χ1n) is 5.11. The number of alkyl halides is 3. The minimum Gasteiger partial charge on any atom is -0.393 e. The highest BCUT2D eigenvalue weighted by Gasteiger charge is 2.26. The summed E-state index contributed by atoms with van der Waals surface area (Å²) in [5.41, 5.74) is 0. The first-order chi connectivity index (χ1) is 7.35. The molecule has 3 N–H and O–H groups in total. The highest BCUT2D eigenvalue weighted by atomic mass is 19.4. The Morgan fingerprint density at radius 1 is 1.31 bits per heavy atom. The van der Waals surface area contributed by atoms with Crippen molar-refractivity contribution < 1.29 is 23.1 Å². The van der Waals surface area contributed by atoms with Crippen LogP contribution in [0.25, 0.3) is 0 Å². The number of aliphatic hydroxyl groups is 1. The highest BCUT2D eigenvalue weighted by Crippen LogP contribution is 2.17. The quantitative estimate of drug-likeness (QED) is 0.659. The Balaban J connectivity index is 3.46. The number of aliphatic hydroxyl groups excluding tert-OH is 1. The molecular weight excluding hydrogens is 225 g/mol. The van der Waals surface area contributed by atoms with E-state index in [1.165, 1.54) is 0 Å². The number of halogens is 3. The highest BCUT2D eigenvalue weighted by molar-refractivity contribution is 5.73. The molecule has 7 heteroatoms. The van der Waals surface area contributed by atoms with Crippen molar-refractivity contribution in [2.24, 2.45) is 0 Å². The smallest absolute Gasteiger partial charge is 0.390 e. The van der Waals surface area contributed by atoms with E-state index in [0.29, 0.717) is 12.8 Å². The number of amides is 2. The largest absolute Gasteiger partial charge is 0.393 e. The van der Waals surface area contributed by atoms with Crippen LogP contribution in [0, 0.1) is 0 Å². The van der Waals surface area contributed by atoms with E-state index in [0.717, 1.165) is 0 Å². The second kappa shape index (κ2) is 7.32. The summed E-state index contributed by atoms with van der Waals surface area (Å²) in [5.74, 6) is 0. The van der Waals surface area contributed by atoms with E-state index < -0.39 is 31.3 Å². The van der Waals surface area contributed by atoms with E-state index in [-0.39, 0.29) is 6.54 Å². The fourth-order valence-corrected chi connectivity index (χ4v) is 0.937. The molecule has 16 heavy (non-hydrogen) atoms. The average molecular weight is 242 g/mol. The fraction of sp³-hybridized carbons (Fsp3) is 0.889. The lowest BCUT2D eigenvalue weighted by Crippen LogP contribution is -2.38. The lowest BCUT2D eigenvalue weighted by Gasteiger charge is -2.10. The molecule has 0 saturated carbocycles. The molecule has 0 saturated heterocycles. The third kappa shape index (κ3) is 9.57. The molecule has 0 aromatic heterocycles. The fourth-order valence-electron chi connectivity index (χ4n) is 0.937. The van der Waals surface area contributed by atoms with Gasteiger partial charge in [0.05, 0.1) is 12.5 Å². The minimum atomic E-state index is -4.26. The van der Waals surface area contributed by atoms with Crippen molar-refractivity contribution in [1.29, 1.82) is 0 Å². The number of carbonyl (C=O) groups is 1. The number of hydrogen-bond acceptors (Lipinski definition) is 2. The van der Waals surface area contributed by atoms with Gasteiger partial charge in [0.25, 0.3) is 0 Å². The maximum absolute atomic E-state index is 11.7. The van der Waals surface area contributed by atoms with E-state index in [2.05, 4.69) is 10.6 Å². The van der Waals surface area contributed by atoms with Crippen LogP contribution in [0.15, 0.2) is 0 Å². The minimum absolute atomic E-state index is 0.243. The van der Waals surface area contributed by atoms with Gasteiger partial charge in [-0.25, -0.2) is 4.79 Å². The van der Waals surface area contributed by atoms with E-state index in [4.69, 9.17) is 5.11 Å². The zero-order valence-corrected chi connectivity index (χ0v) is 9.10. The summed E-state index contributed by atoms with van der Waals surface area (Å²) < 4.78 is 35.1. The van der Waals surface area contributed by atoms with Crippen molar-refractivity contribution in [2.75, 3.05) is 13.1 Å². The predicted molar refractivity (Wildman–Crippen MR) is 53.0 cm³/mol. The van der Waals surface area contributed by atoms with E-state index in [9.17, 15) is 18.0 Å². The molecule has 4 nitrogen and oxygen atoms in total. The molecule has 0 fully saturated rings. The van der Waals surface area contributed by atoms with Crippen molar-refractivity contribution in [2.45, 2.75) is 38.5 Å². The van der Waals surface area contributed by atoms with Gasteiger partial charge < -0.3 is 15.7 Å². The molecule has 0 aromatic rings. The number of rotatable bonds is 6. The molecule has 0 rings (SSSR count). The average Bonchev–Trinajstić information content (AvgIpc) is 2.15. The Morgan fingerprint density at radius 2 is 1.88 bits per heavy atom. The molecule has 0 aliphatic rings. The van der Waals surface area contributed by atoms with Gasteiger partial charge in [-0.1, -0.05) is 6.92 Å². The van der Waals surface area contributed by atoms with Crippen molar-refractivity contribution >= 4 is 6.03 Å². The van der Waals surface area contributed by atoms with Gasteiger partial charge >= 0.3 is 12.2 Å². The SMILES string of the molecule is CCC(O)CCNC(=O)NCCC(F)(F)F. The summed E-state index contributed by atoms with van der Waals surface area (Å²) in [6.07, 6.45) is -4.82. The van der Waals surface area contributed by atoms with Crippen LogP contribution in [0.1, 0.15) is 26.2 Å². The van der Waals surface area contributed by atoms with E-state index >= 15 is 0 Å². The van der Waals surface area contributed by atoms with Gasteiger partial charge in [-0.3, -0.25) is 0 Å². The lowest BCUT2D eigenvalue weighted by atomic mass is 10.2. The van der Waals surface area contributed by atoms with Crippen LogP contribution in [0.3, 0.4) is 0 Å². The molecule has 0 aliphatic carbocycles. The topological polar surface area (TPSA) is 61.4 Å². The molecule has 0 radical (unpaired) electrons. The number of carbonyl (C=O) groups excluding carboxylic acids is 1. The maximum Gasteiger partial charge on any atom is 0.390 e. The Morgan fingerprint density at radius 3 is 2.38 bits per heavy atom. The molecule has 0 heterocycles. The van der Waals surface area contributed by atoms with Gasteiger partial charge in [-0.05, 0) is 12.8 Å². The summed E-state index contributed by atoms with van der Waals surface area (Å²) in [6, 6.07) is -0.646. The summed E-state index contributed by atoms with van der Waals surface area (Å²) in [4.78, 5) is 10.9. The van der Waals surface area contributed by atoms with E-state index in [1.807, 2.05) is 0 Å². The Hall–Kier alpha value is -0.980. The zero-order chi connectivity index (χ0) is 12.6. The Labute approximate surface area is 92.2 Å². The third-order valence-electron chi connectivity index (χ3n) is 1.93. The maximum atomic E-state index is 11.7. The monoisotopic (exact) mass is 242 g/mol. The Bertz CT molecular complexity index is 209. The summed E-state index contributed by atoms with van der Waals surface area (Å²) >= 11 is 0. The zero-order valence-electron chi connectivity index (χ0n) is 9.10. The van der Waals surface area contributed by atoms with Crippen LogP contribution in [0.4, 0.5) is 18.0 Å². The van der Waals surface area contributed by atoms with Gasteiger partial charge in [-0.15, -0.1) is 0 Å². The van der Waals surface area contributed by atoms with Crippen molar-refractivity contribution in [1.82, 2.24) is 10.6 Å². The first kappa shape index (κ1) is 15.0. The van der Waals surface area contributed by atoms with Crippen LogP contribution >= 0.6 is 0 Å². The van der Waals surface area contributed by atoms with Crippen LogP contribution < -0.4 is 10.6 Å². The van der Waals surface area contributed by atoms with Crippen LogP contribution in [-0.2, 0) is 0 Å². The van der Waals surface area contributed by atoms with Crippen molar-refractivity contribution in [3.63, 3.8) is 0 Å². The molecule has 0 bridgehead atoms. The molecule has 0 aliphatic heterocycles. The third-order valence-corrected chi connectivity index (χ3v) is 1.93. The number of hydrogen-bond donors (Lipinski definition) is 3. The summed E-state index contributed by atoms with van der Waals surface area (Å²) in [6.45, 7) is 1.60. The van der Waals surface area contributed by atoms with Crippen molar-refractivity contribution in [3.8, 4) is 0 Å². The van der Waals surface area contributed by atoms with Gasteiger partial charge in [0.1, 0.15) is 0 Å². The second-order valence-electron chi connectivity index (χ2n) is 3.40. The van der Waals surface area contributed by atoms with Gasteiger partial charge in [-0.2, -0.15) is 13.2 Å². The molecule has 0 spiro atoms. The second-order valence-corrected chi connectivity index (χ2v) is 3.40. The lowest BCUT2D eigenvalue weighted by molar-refractivity contribution is -0.132. The van der Waals surface area contributed by atoms with Gasteiger partial charge in [0, 0.05) is 13.1 Å². The summed E-state index contributed by atoms with van der Waals surface area (Å²) in [5, 5.41) is 13.6. The first-order valence-corrected chi connectivity index (χ1v) is 5.11. The number of nitrogens with one attached hydrogen (secondary N) is 2. The Kier molecular flexibility index (Phi) is 6.87. The van der Waals surface area contributed by atoms with Gasteiger partial charge in [0.2, 0.25) is 0 Å². The van der Waals surface area contributed by atoms with E-state index in [1.54, 1.807) is 6.92 Å². The normalized spacial score (nSPS) is 13.3. The molecule has 2 amide bonds. The van der Waals surface area contributed by atoms with Crippen LogP contribution in [-0.4, -0.2) is 36.5 Å². The molecule has 0 aromatic carbocycles. The molecule has 96 valence electrons. The molecule has 1 atom stereocenters. The standard InChI is InChI=1S/C9H17F3N2O2/c1-2-7(15)3-5-13-8(16)14-6-4-9(10,11)12/h7,15H,2-6H2,1H3,(H2,13,14,16). The summed E-state index contributed by atoms with van der Waals surface area (Å²) in [7, 11) is 0. The van der Waals surface area contributed by atoms with Crippen LogP contribution in [0.5, 0.6) is 0 Å². The molecule has 1 unspecified atom stereocenters. The van der Waals surface area contributed by atoms with Crippen LogP contribution in [0.2, 0.25) is 0 Å². The number of urea groups is 1. The molecular formula is C9H17F3N2O2. The van der Waals surface area contributed by atoms with Gasteiger partial charge in [0.15, 0.2) is 0 Å².